The minimum Gasteiger partial charge on any atom is -0.408 e. The molecule has 5 nitrogen and oxygen atoms in total. The quantitative estimate of drug-likeness (QED) is 0.702. The van der Waals surface area contributed by atoms with Crippen molar-refractivity contribution in [2.24, 2.45) is 5.92 Å². The lowest BCUT2D eigenvalue weighted by Gasteiger charge is -2.23. The van der Waals surface area contributed by atoms with Gasteiger partial charge in [-0.15, -0.1) is 0 Å². The summed E-state index contributed by atoms with van der Waals surface area (Å²) in [5.41, 5.74) is 2.45. The van der Waals surface area contributed by atoms with Crippen molar-refractivity contribution < 1.29 is 9.21 Å². The number of oxazole rings is 1. The summed E-state index contributed by atoms with van der Waals surface area (Å²) in [6.07, 6.45) is 0.941. The van der Waals surface area contributed by atoms with Crippen LogP contribution in [0.4, 0.5) is 0 Å². The summed E-state index contributed by atoms with van der Waals surface area (Å²) in [4.78, 5) is 24.3. The Hall–Kier alpha value is -2.82. The second-order valence-electron chi connectivity index (χ2n) is 6.79. The lowest BCUT2D eigenvalue weighted by Crippen LogP contribution is -2.31. The molecule has 1 amide bonds. The van der Waals surface area contributed by atoms with E-state index >= 15 is 0 Å². The Labute approximate surface area is 152 Å². The summed E-state index contributed by atoms with van der Waals surface area (Å²) in [6.45, 7) is 4.64. The Morgan fingerprint density at radius 1 is 1.08 bits per heavy atom. The van der Waals surface area contributed by atoms with E-state index in [1.165, 1.54) is 0 Å². The van der Waals surface area contributed by atoms with Crippen LogP contribution in [0.15, 0.2) is 63.8 Å². The van der Waals surface area contributed by atoms with Crippen molar-refractivity contribution in [1.29, 1.82) is 0 Å². The zero-order chi connectivity index (χ0) is 18.5. The number of carbonyl (C=O) groups excluding carboxylic acids is 1. The van der Waals surface area contributed by atoms with Crippen molar-refractivity contribution >= 4 is 17.0 Å². The third kappa shape index (κ3) is 4.04. The molecule has 1 heterocycles. The van der Waals surface area contributed by atoms with Crippen LogP contribution < -0.4 is 11.1 Å². The highest BCUT2D eigenvalue weighted by Crippen LogP contribution is 2.21. The highest BCUT2D eigenvalue weighted by atomic mass is 16.4. The van der Waals surface area contributed by atoms with Gasteiger partial charge >= 0.3 is 5.76 Å². The number of hydrogen-bond acceptors (Lipinski definition) is 3. The van der Waals surface area contributed by atoms with E-state index in [-0.39, 0.29) is 17.7 Å². The standard InChI is InChI=1S/C21H24N2O3/c1-15(2)20(16-9-4-3-5-10-16)22-19(24)13-8-14-23-17-11-6-7-12-18(17)26-21(23)25/h3-7,9-12,15,20H,8,13-14H2,1-2H3,(H,22,24). The molecule has 0 fully saturated rings. The van der Waals surface area contributed by atoms with Crippen molar-refractivity contribution in [1.82, 2.24) is 9.88 Å². The topological polar surface area (TPSA) is 64.2 Å². The van der Waals surface area contributed by atoms with E-state index in [0.717, 1.165) is 11.1 Å². The van der Waals surface area contributed by atoms with Gasteiger partial charge in [0.15, 0.2) is 5.58 Å². The SMILES string of the molecule is CC(C)C(NC(=O)CCCn1c(=O)oc2ccccc21)c1ccccc1. The average Bonchev–Trinajstić information content (AvgIpc) is 2.96. The van der Waals surface area contributed by atoms with Gasteiger partial charge in [-0.1, -0.05) is 56.3 Å². The van der Waals surface area contributed by atoms with Crippen LogP contribution in [0.2, 0.25) is 0 Å². The highest BCUT2D eigenvalue weighted by Gasteiger charge is 2.18. The van der Waals surface area contributed by atoms with Gasteiger partial charge in [-0.2, -0.15) is 0 Å². The predicted molar refractivity (Wildman–Crippen MR) is 102 cm³/mol. The summed E-state index contributed by atoms with van der Waals surface area (Å²) < 4.78 is 6.80. The Bertz CT molecular complexity index is 925. The van der Waals surface area contributed by atoms with Gasteiger partial charge in [0.05, 0.1) is 11.6 Å². The van der Waals surface area contributed by atoms with Crippen LogP contribution in [0, 0.1) is 5.92 Å². The maximum absolute atomic E-state index is 12.4. The molecule has 26 heavy (non-hydrogen) atoms. The van der Waals surface area contributed by atoms with E-state index in [1.54, 1.807) is 10.6 Å². The van der Waals surface area contributed by atoms with Gasteiger partial charge in [-0.3, -0.25) is 9.36 Å². The third-order valence-electron chi connectivity index (χ3n) is 4.50. The molecule has 136 valence electrons. The van der Waals surface area contributed by atoms with E-state index in [0.29, 0.717) is 30.9 Å². The van der Waals surface area contributed by atoms with E-state index in [2.05, 4.69) is 19.2 Å². The number of aromatic nitrogens is 1. The second-order valence-corrected chi connectivity index (χ2v) is 6.79. The summed E-state index contributed by atoms with van der Waals surface area (Å²) in [5.74, 6) is -0.0915. The molecule has 0 aliphatic rings. The van der Waals surface area contributed by atoms with Crippen molar-refractivity contribution in [3.05, 3.63) is 70.7 Å². The molecular weight excluding hydrogens is 328 g/mol. The third-order valence-corrected chi connectivity index (χ3v) is 4.50. The Balaban J connectivity index is 1.60. The van der Waals surface area contributed by atoms with E-state index in [1.807, 2.05) is 48.5 Å². The summed E-state index contributed by atoms with van der Waals surface area (Å²) >= 11 is 0. The van der Waals surface area contributed by atoms with Crippen molar-refractivity contribution in [3.8, 4) is 0 Å². The van der Waals surface area contributed by atoms with Crippen molar-refractivity contribution in [2.75, 3.05) is 0 Å². The van der Waals surface area contributed by atoms with Crippen LogP contribution in [-0.4, -0.2) is 10.5 Å². The first-order valence-corrected chi connectivity index (χ1v) is 8.99. The molecule has 2 aromatic carbocycles. The zero-order valence-electron chi connectivity index (χ0n) is 15.1. The van der Waals surface area contributed by atoms with E-state index < -0.39 is 0 Å². The molecule has 3 aromatic rings. The van der Waals surface area contributed by atoms with Crippen LogP contribution >= 0.6 is 0 Å². The minimum atomic E-state index is -0.379. The molecule has 0 saturated heterocycles. The number of aryl methyl sites for hydroxylation is 1. The van der Waals surface area contributed by atoms with Gasteiger partial charge in [0.2, 0.25) is 5.91 Å². The monoisotopic (exact) mass is 352 g/mol. The summed E-state index contributed by atoms with van der Waals surface area (Å²) in [7, 11) is 0. The molecule has 0 spiro atoms. The molecule has 0 aliphatic carbocycles. The number of amides is 1. The molecule has 0 aliphatic heterocycles. The van der Waals surface area contributed by atoms with Gasteiger partial charge in [-0.05, 0) is 30.0 Å². The lowest BCUT2D eigenvalue weighted by atomic mass is 9.96. The van der Waals surface area contributed by atoms with Crippen LogP contribution in [-0.2, 0) is 11.3 Å². The number of para-hydroxylation sites is 2. The first-order valence-electron chi connectivity index (χ1n) is 8.99. The van der Waals surface area contributed by atoms with Crippen molar-refractivity contribution in [3.63, 3.8) is 0 Å². The molecule has 1 N–H and O–H groups in total. The number of carbonyl (C=O) groups is 1. The molecule has 5 heteroatoms. The molecular formula is C21H24N2O3. The van der Waals surface area contributed by atoms with E-state index in [9.17, 15) is 9.59 Å². The van der Waals surface area contributed by atoms with Gasteiger partial charge < -0.3 is 9.73 Å². The second kappa shape index (κ2) is 8.04. The fraction of sp³-hybridized carbons (Fsp3) is 0.333. The molecule has 0 radical (unpaired) electrons. The maximum atomic E-state index is 12.4. The molecule has 0 saturated carbocycles. The fourth-order valence-electron chi connectivity index (χ4n) is 3.16. The minimum absolute atomic E-state index is 0.00611. The maximum Gasteiger partial charge on any atom is 0.419 e. The van der Waals surface area contributed by atoms with Gasteiger partial charge in [-0.25, -0.2) is 4.79 Å². The largest absolute Gasteiger partial charge is 0.419 e. The number of fused-ring (bicyclic) bond motifs is 1. The number of nitrogens with one attached hydrogen (secondary N) is 1. The normalized spacial score (nSPS) is 12.4. The van der Waals surface area contributed by atoms with Crippen LogP contribution in [0.1, 0.15) is 38.3 Å². The first-order chi connectivity index (χ1) is 12.6. The van der Waals surface area contributed by atoms with Gasteiger partial charge in [0.1, 0.15) is 0 Å². The molecule has 3 rings (SSSR count). The summed E-state index contributed by atoms with van der Waals surface area (Å²) in [5, 5.41) is 3.11. The van der Waals surface area contributed by atoms with E-state index in [4.69, 9.17) is 4.42 Å². The smallest absolute Gasteiger partial charge is 0.408 e. The molecule has 1 unspecified atom stereocenters. The Morgan fingerprint density at radius 3 is 2.50 bits per heavy atom. The molecule has 0 bridgehead atoms. The highest BCUT2D eigenvalue weighted by molar-refractivity contribution is 5.76. The van der Waals surface area contributed by atoms with Crippen LogP contribution in [0.3, 0.4) is 0 Å². The van der Waals surface area contributed by atoms with Crippen LogP contribution in [0.25, 0.3) is 11.1 Å². The number of nitrogens with zero attached hydrogens (tertiary/aromatic N) is 1. The lowest BCUT2D eigenvalue weighted by molar-refractivity contribution is -0.122. The first kappa shape index (κ1) is 18.0. The van der Waals surface area contributed by atoms with Crippen LogP contribution in [0.5, 0.6) is 0 Å². The molecule has 1 atom stereocenters. The Morgan fingerprint density at radius 2 is 1.77 bits per heavy atom. The summed E-state index contributed by atoms with van der Waals surface area (Å²) in [6, 6.07) is 17.3. The van der Waals surface area contributed by atoms with Crippen molar-refractivity contribution in [2.45, 2.75) is 39.3 Å². The predicted octanol–water partition coefficient (Wildman–Crippen LogP) is 3.89. The Kier molecular flexibility index (Phi) is 5.56. The number of hydrogen-bond donors (Lipinski definition) is 1. The zero-order valence-corrected chi connectivity index (χ0v) is 15.1. The van der Waals surface area contributed by atoms with Gasteiger partial charge in [0, 0.05) is 13.0 Å². The number of benzene rings is 2. The fourth-order valence-corrected chi connectivity index (χ4v) is 3.16. The number of rotatable bonds is 7. The average molecular weight is 352 g/mol. The molecule has 1 aromatic heterocycles. The van der Waals surface area contributed by atoms with Gasteiger partial charge in [0.25, 0.3) is 0 Å².